The minimum Gasteiger partial charge on any atom is -0.449 e. The molecule has 6 nitrogen and oxygen atoms in total. The summed E-state index contributed by atoms with van der Waals surface area (Å²) in [5.74, 6) is 0.549. The maximum absolute atomic E-state index is 12.3. The van der Waals surface area contributed by atoms with E-state index >= 15 is 0 Å². The van der Waals surface area contributed by atoms with Crippen LogP contribution in [0.5, 0.6) is 0 Å². The number of nitrogens with one attached hydrogen (secondary N) is 1. The fourth-order valence-electron chi connectivity index (χ4n) is 2.37. The standard InChI is InChI=1S/C21H19ClN2O4S/c1-13-11-19(24-28-13)23-20(25)14(2)27-21(26)16-5-3-15(4-6-16)12-29-18-9-7-17(22)8-10-18/h3-11,14H,12H2,1-2H3,(H,23,24,25). The summed E-state index contributed by atoms with van der Waals surface area (Å²) in [7, 11) is 0. The summed E-state index contributed by atoms with van der Waals surface area (Å²) in [5, 5.41) is 6.91. The molecule has 0 spiro atoms. The highest BCUT2D eigenvalue weighted by Gasteiger charge is 2.20. The molecule has 0 aliphatic rings. The number of hydrogen-bond donors (Lipinski definition) is 1. The first-order chi connectivity index (χ1) is 13.9. The molecule has 2 aromatic carbocycles. The van der Waals surface area contributed by atoms with E-state index in [0.29, 0.717) is 16.3 Å². The summed E-state index contributed by atoms with van der Waals surface area (Å²) in [6.07, 6.45) is -0.973. The first-order valence-electron chi connectivity index (χ1n) is 8.83. The molecule has 1 N–H and O–H groups in total. The monoisotopic (exact) mass is 430 g/mol. The molecule has 0 aliphatic heterocycles. The van der Waals surface area contributed by atoms with E-state index in [1.165, 1.54) is 6.92 Å². The third kappa shape index (κ3) is 6.10. The Morgan fingerprint density at radius 3 is 2.48 bits per heavy atom. The lowest BCUT2D eigenvalue weighted by molar-refractivity contribution is -0.123. The first-order valence-corrected chi connectivity index (χ1v) is 10.2. The molecule has 1 heterocycles. The molecule has 1 amide bonds. The maximum atomic E-state index is 12.3. The van der Waals surface area contributed by atoms with E-state index in [1.54, 1.807) is 36.9 Å². The van der Waals surface area contributed by atoms with Gasteiger partial charge in [0.15, 0.2) is 11.9 Å². The Balaban J connectivity index is 1.51. The van der Waals surface area contributed by atoms with Crippen molar-refractivity contribution in [3.63, 3.8) is 0 Å². The van der Waals surface area contributed by atoms with Crippen LogP contribution in [0.4, 0.5) is 5.82 Å². The van der Waals surface area contributed by atoms with Gasteiger partial charge < -0.3 is 14.6 Å². The molecule has 0 aliphatic carbocycles. The van der Waals surface area contributed by atoms with Gasteiger partial charge in [-0.1, -0.05) is 28.9 Å². The molecule has 3 rings (SSSR count). The lowest BCUT2D eigenvalue weighted by Gasteiger charge is -2.12. The van der Waals surface area contributed by atoms with Crippen molar-refractivity contribution in [2.45, 2.75) is 30.6 Å². The van der Waals surface area contributed by atoms with Crippen LogP contribution in [0.3, 0.4) is 0 Å². The number of carbonyl (C=O) groups is 2. The summed E-state index contributed by atoms with van der Waals surface area (Å²) in [6, 6.07) is 16.3. The molecule has 8 heteroatoms. The van der Waals surface area contributed by atoms with Crippen LogP contribution >= 0.6 is 23.4 Å². The number of aromatic nitrogens is 1. The number of nitrogens with zero attached hydrogens (tertiary/aromatic N) is 1. The van der Waals surface area contributed by atoms with Crippen molar-refractivity contribution in [2.24, 2.45) is 0 Å². The molecule has 0 radical (unpaired) electrons. The molecule has 29 heavy (non-hydrogen) atoms. The van der Waals surface area contributed by atoms with Gasteiger partial charge in [0.25, 0.3) is 5.91 Å². The predicted molar refractivity (Wildman–Crippen MR) is 112 cm³/mol. The van der Waals surface area contributed by atoms with Gasteiger partial charge in [0.2, 0.25) is 0 Å². The van der Waals surface area contributed by atoms with Gasteiger partial charge >= 0.3 is 5.97 Å². The second-order valence-electron chi connectivity index (χ2n) is 6.30. The van der Waals surface area contributed by atoms with Crippen molar-refractivity contribution >= 4 is 41.1 Å². The first kappa shape index (κ1) is 21.0. The van der Waals surface area contributed by atoms with E-state index in [4.69, 9.17) is 20.9 Å². The molecule has 0 bridgehead atoms. The van der Waals surface area contributed by atoms with Gasteiger partial charge in [-0.15, -0.1) is 11.8 Å². The van der Waals surface area contributed by atoms with Crippen molar-refractivity contribution in [2.75, 3.05) is 5.32 Å². The van der Waals surface area contributed by atoms with E-state index < -0.39 is 18.0 Å². The van der Waals surface area contributed by atoms with Gasteiger partial charge in [-0.3, -0.25) is 4.79 Å². The number of benzene rings is 2. The van der Waals surface area contributed by atoms with Crippen molar-refractivity contribution in [1.29, 1.82) is 0 Å². The normalized spacial score (nSPS) is 11.7. The lowest BCUT2D eigenvalue weighted by atomic mass is 10.1. The summed E-state index contributed by atoms with van der Waals surface area (Å²) >= 11 is 7.56. The molecule has 1 aromatic heterocycles. The lowest BCUT2D eigenvalue weighted by Crippen LogP contribution is -2.30. The zero-order valence-electron chi connectivity index (χ0n) is 15.8. The van der Waals surface area contributed by atoms with Crippen LogP contribution in [0.2, 0.25) is 5.02 Å². The van der Waals surface area contributed by atoms with Gasteiger partial charge in [0.05, 0.1) is 5.56 Å². The number of halogens is 1. The average Bonchev–Trinajstić information content (AvgIpc) is 3.12. The molecule has 0 saturated carbocycles. The van der Waals surface area contributed by atoms with Crippen LogP contribution in [-0.4, -0.2) is 23.1 Å². The van der Waals surface area contributed by atoms with Crippen molar-refractivity contribution < 1.29 is 18.8 Å². The number of ether oxygens (including phenoxy) is 1. The fourth-order valence-corrected chi connectivity index (χ4v) is 3.35. The molecular weight excluding hydrogens is 412 g/mol. The topological polar surface area (TPSA) is 81.4 Å². The molecule has 1 unspecified atom stereocenters. The number of esters is 1. The molecular formula is C21H19ClN2O4S. The molecule has 150 valence electrons. The minimum absolute atomic E-state index is 0.276. The van der Waals surface area contributed by atoms with Gasteiger partial charge in [-0.05, 0) is 55.8 Å². The number of thioether (sulfide) groups is 1. The van der Waals surface area contributed by atoms with Crippen molar-refractivity contribution in [3.8, 4) is 0 Å². The Morgan fingerprint density at radius 1 is 1.17 bits per heavy atom. The van der Waals surface area contributed by atoms with E-state index in [9.17, 15) is 9.59 Å². The second-order valence-corrected chi connectivity index (χ2v) is 7.78. The van der Waals surface area contributed by atoms with E-state index in [0.717, 1.165) is 16.2 Å². The number of amides is 1. The Labute approximate surface area is 177 Å². The quantitative estimate of drug-likeness (QED) is 0.414. The number of hydrogen-bond acceptors (Lipinski definition) is 6. The Kier molecular flexibility index (Phi) is 6.95. The summed E-state index contributed by atoms with van der Waals surface area (Å²) in [6.45, 7) is 3.21. The van der Waals surface area contributed by atoms with Crippen molar-refractivity contribution in [3.05, 3.63) is 76.5 Å². The molecule has 0 fully saturated rings. The molecule has 1 atom stereocenters. The maximum Gasteiger partial charge on any atom is 0.338 e. The molecule has 0 saturated heterocycles. The van der Waals surface area contributed by atoms with Crippen LogP contribution in [0.1, 0.15) is 28.6 Å². The van der Waals surface area contributed by atoms with E-state index in [2.05, 4.69) is 10.5 Å². The average molecular weight is 431 g/mol. The van der Waals surface area contributed by atoms with Crippen LogP contribution in [0.15, 0.2) is 64.0 Å². The van der Waals surface area contributed by atoms with E-state index in [-0.39, 0.29) is 5.82 Å². The number of carbonyl (C=O) groups excluding carboxylic acids is 2. The van der Waals surface area contributed by atoms with Gasteiger partial charge in [0.1, 0.15) is 5.76 Å². The van der Waals surface area contributed by atoms with Crippen LogP contribution < -0.4 is 5.32 Å². The summed E-state index contributed by atoms with van der Waals surface area (Å²) in [4.78, 5) is 25.5. The summed E-state index contributed by atoms with van der Waals surface area (Å²) in [5.41, 5.74) is 1.44. The summed E-state index contributed by atoms with van der Waals surface area (Å²) < 4.78 is 10.1. The van der Waals surface area contributed by atoms with Crippen LogP contribution in [-0.2, 0) is 15.3 Å². The van der Waals surface area contributed by atoms with E-state index in [1.807, 2.05) is 36.4 Å². The minimum atomic E-state index is -0.973. The van der Waals surface area contributed by atoms with Gasteiger partial charge in [0, 0.05) is 21.7 Å². The number of aryl methyl sites for hydroxylation is 1. The fraction of sp³-hybridized carbons (Fsp3) is 0.190. The second kappa shape index (κ2) is 9.62. The molecule has 3 aromatic rings. The zero-order valence-corrected chi connectivity index (χ0v) is 17.4. The third-order valence-corrected chi connectivity index (χ3v) is 5.28. The Morgan fingerprint density at radius 2 is 1.86 bits per heavy atom. The third-order valence-electron chi connectivity index (χ3n) is 3.94. The predicted octanol–water partition coefficient (Wildman–Crippen LogP) is 5.11. The largest absolute Gasteiger partial charge is 0.449 e. The van der Waals surface area contributed by atoms with Crippen molar-refractivity contribution in [1.82, 2.24) is 5.16 Å². The highest BCUT2D eigenvalue weighted by Crippen LogP contribution is 2.24. The SMILES string of the molecule is Cc1cc(NC(=O)C(C)OC(=O)c2ccc(CSc3ccc(Cl)cc3)cc2)no1. The zero-order chi connectivity index (χ0) is 20.8. The van der Waals surface area contributed by atoms with Gasteiger partial charge in [-0.25, -0.2) is 4.79 Å². The number of anilines is 1. The van der Waals surface area contributed by atoms with Gasteiger partial charge in [-0.2, -0.15) is 0 Å². The Hall–Kier alpha value is -2.77. The highest BCUT2D eigenvalue weighted by atomic mass is 35.5. The number of rotatable bonds is 7. The smallest absolute Gasteiger partial charge is 0.338 e. The van der Waals surface area contributed by atoms with Crippen LogP contribution in [0, 0.1) is 6.92 Å². The van der Waals surface area contributed by atoms with Crippen LogP contribution in [0.25, 0.3) is 0 Å². The highest BCUT2D eigenvalue weighted by molar-refractivity contribution is 7.98. The Bertz CT molecular complexity index is 987.